The largest absolute Gasteiger partial charge is 0.493 e. The first-order valence-electron chi connectivity index (χ1n) is 6.29. The van der Waals surface area contributed by atoms with E-state index in [4.69, 9.17) is 9.47 Å². The van der Waals surface area contributed by atoms with E-state index in [-0.39, 0.29) is 18.9 Å². The van der Waals surface area contributed by atoms with Crippen LogP contribution in [0.4, 0.5) is 9.57 Å². The zero-order valence-electron chi connectivity index (χ0n) is 11.7. The van der Waals surface area contributed by atoms with E-state index in [1.54, 1.807) is 18.2 Å². The number of ether oxygens (including phenoxy) is 2. The van der Waals surface area contributed by atoms with Crippen LogP contribution in [0.15, 0.2) is 18.2 Å². The fourth-order valence-electron chi connectivity index (χ4n) is 2.49. The average molecular weight is 317 g/mol. The number of hydrogen-bond acceptors (Lipinski definition) is 5. The fraction of sp³-hybridized carbons (Fsp3) is 0.462. The molecule has 1 aliphatic rings. The van der Waals surface area contributed by atoms with Gasteiger partial charge in [-0.1, -0.05) is 6.07 Å². The van der Waals surface area contributed by atoms with Gasteiger partial charge in [-0.15, -0.1) is 3.89 Å². The average Bonchev–Trinajstić information content (AvgIpc) is 2.75. The van der Waals surface area contributed by atoms with Crippen molar-refractivity contribution in [2.75, 3.05) is 31.4 Å². The molecule has 0 saturated carbocycles. The van der Waals surface area contributed by atoms with Gasteiger partial charge in [0, 0.05) is 18.9 Å². The third-order valence-corrected chi connectivity index (χ3v) is 4.18. The molecule has 1 atom stereocenters. The number of amides is 1. The minimum absolute atomic E-state index is 0.0104. The number of para-hydroxylation sites is 1. The Morgan fingerprint density at radius 1 is 1.33 bits per heavy atom. The molecule has 0 aromatic heterocycles. The van der Waals surface area contributed by atoms with Gasteiger partial charge in [-0.2, -0.15) is 8.42 Å². The second kappa shape index (κ2) is 5.88. The Morgan fingerprint density at radius 2 is 2.05 bits per heavy atom. The van der Waals surface area contributed by atoms with Crippen LogP contribution in [0.25, 0.3) is 0 Å². The minimum atomic E-state index is -4.60. The molecule has 1 aromatic rings. The van der Waals surface area contributed by atoms with Crippen LogP contribution in [0.1, 0.15) is 6.42 Å². The summed E-state index contributed by atoms with van der Waals surface area (Å²) < 4.78 is 44.6. The van der Waals surface area contributed by atoms with E-state index in [9.17, 15) is 17.1 Å². The van der Waals surface area contributed by atoms with E-state index in [2.05, 4.69) is 0 Å². The maximum Gasteiger partial charge on any atom is 0.302 e. The lowest BCUT2D eigenvalue weighted by Crippen LogP contribution is -2.26. The van der Waals surface area contributed by atoms with Gasteiger partial charge < -0.3 is 14.4 Å². The Morgan fingerprint density at radius 3 is 2.62 bits per heavy atom. The van der Waals surface area contributed by atoms with Crippen LogP contribution in [-0.4, -0.2) is 40.8 Å². The second-order valence-corrected chi connectivity index (χ2v) is 6.20. The number of hydrogen-bond donors (Lipinski definition) is 0. The standard InChI is InChI=1S/C13H16FNO5S/c1-19-11-5-3-4-10(13(11)20-2)15-7-9(6-12(15)16)8-21(14,17)18/h3-5,9H,6-8H2,1-2H3. The van der Waals surface area contributed by atoms with E-state index < -0.39 is 21.9 Å². The molecule has 0 radical (unpaired) electrons. The molecule has 2 rings (SSSR count). The minimum Gasteiger partial charge on any atom is -0.493 e. The van der Waals surface area contributed by atoms with Gasteiger partial charge >= 0.3 is 10.2 Å². The summed E-state index contributed by atoms with van der Waals surface area (Å²) in [5, 5.41) is 0. The molecular formula is C13H16FNO5S. The lowest BCUT2D eigenvalue weighted by molar-refractivity contribution is -0.117. The van der Waals surface area contributed by atoms with Crippen molar-refractivity contribution in [2.45, 2.75) is 6.42 Å². The fourth-order valence-corrected chi connectivity index (χ4v) is 3.28. The van der Waals surface area contributed by atoms with E-state index in [1.165, 1.54) is 19.1 Å². The molecule has 0 aliphatic carbocycles. The molecule has 0 N–H and O–H groups in total. The Kier molecular flexibility index (Phi) is 4.36. The summed E-state index contributed by atoms with van der Waals surface area (Å²) in [7, 11) is -1.67. The first-order valence-corrected chi connectivity index (χ1v) is 7.84. The molecule has 21 heavy (non-hydrogen) atoms. The SMILES string of the molecule is COc1cccc(N2CC(CS(=O)(=O)F)CC2=O)c1OC. The number of rotatable bonds is 5. The highest BCUT2D eigenvalue weighted by Crippen LogP contribution is 2.39. The molecule has 0 bridgehead atoms. The molecule has 1 fully saturated rings. The molecule has 116 valence electrons. The number of nitrogens with zero attached hydrogens (tertiary/aromatic N) is 1. The van der Waals surface area contributed by atoms with Crippen molar-refractivity contribution < 1.29 is 26.6 Å². The molecule has 1 heterocycles. The Hall–Kier alpha value is -1.83. The molecule has 1 aromatic carbocycles. The van der Waals surface area contributed by atoms with Gasteiger partial charge in [-0.3, -0.25) is 4.79 Å². The highest BCUT2D eigenvalue weighted by Gasteiger charge is 2.35. The highest BCUT2D eigenvalue weighted by molar-refractivity contribution is 7.86. The summed E-state index contributed by atoms with van der Waals surface area (Å²) in [4.78, 5) is 13.5. The van der Waals surface area contributed by atoms with Crippen LogP contribution >= 0.6 is 0 Å². The Bertz CT molecular complexity index is 646. The maximum absolute atomic E-state index is 12.8. The van der Waals surface area contributed by atoms with Gasteiger partial charge in [0.2, 0.25) is 5.91 Å². The van der Waals surface area contributed by atoms with E-state index >= 15 is 0 Å². The monoisotopic (exact) mass is 317 g/mol. The summed E-state index contributed by atoms with van der Waals surface area (Å²) in [5.74, 6) is -0.637. The van der Waals surface area contributed by atoms with E-state index in [1.807, 2.05) is 0 Å². The third kappa shape index (κ3) is 3.44. The second-order valence-electron chi connectivity index (χ2n) is 4.79. The number of benzene rings is 1. The predicted molar refractivity (Wildman–Crippen MR) is 74.9 cm³/mol. The van der Waals surface area contributed by atoms with E-state index in [0.717, 1.165) is 0 Å². The van der Waals surface area contributed by atoms with Crippen molar-refractivity contribution in [1.29, 1.82) is 0 Å². The van der Waals surface area contributed by atoms with Crippen molar-refractivity contribution in [3.63, 3.8) is 0 Å². The number of anilines is 1. The van der Waals surface area contributed by atoms with Crippen LogP contribution in [0.5, 0.6) is 11.5 Å². The summed E-state index contributed by atoms with van der Waals surface area (Å²) in [6, 6.07) is 5.06. The summed E-state index contributed by atoms with van der Waals surface area (Å²) in [5.41, 5.74) is 0.487. The smallest absolute Gasteiger partial charge is 0.302 e. The number of carbonyl (C=O) groups excluding carboxylic acids is 1. The van der Waals surface area contributed by atoms with Gasteiger partial charge in [-0.25, -0.2) is 0 Å². The molecule has 0 spiro atoms. The molecular weight excluding hydrogens is 301 g/mol. The summed E-state index contributed by atoms with van der Waals surface area (Å²) in [6.07, 6.45) is -0.0104. The van der Waals surface area contributed by atoms with E-state index in [0.29, 0.717) is 17.2 Å². The zero-order valence-corrected chi connectivity index (χ0v) is 12.5. The van der Waals surface area contributed by atoms with Crippen molar-refractivity contribution >= 4 is 21.8 Å². The molecule has 6 nitrogen and oxygen atoms in total. The van der Waals surface area contributed by atoms with Crippen molar-refractivity contribution in [2.24, 2.45) is 5.92 Å². The third-order valence-electron chi connectivity index (χ3n) is 3.31. The van der Waals surface area contributed by atoms with Crippen molar-refractivity contribution in [3.05, 3.63) is 18.2 Å². The van der Waals surface area contributed by atoms with Crippen LogP contribution < -0.4 is 14.4 Å². The topological polar surface area (TPSA) is 72.9 Å². The van der Waals surface area contributed by atoms with Gasteiger partial charge in [0.05, 0.1) is 25.7 Å². The predicted octanol–water partition coefficient (Wildman–Crippen LogP) is 1.36. The number of methoxy groups -OCH3 is 2. The van der Waals surface area contributed by atoms with Gasteiger partial charge in [0.1, 0.15) is 0 Å². The lowest BCUT2D eigenvalue weighted by atomic mass is 10.1. The molecule has 1 saturated heterocycles. The molecule has 1 unspecified atom stereocenters. The zero-order chi connectivity index (χ0) is 15.6. The van der Waals surface area contributed by atoms with Crippen LogP contribution in [0.2, 0.25) is 0 Å². The molecule has 1 aliphatic heterocycles. The number of carbonyl (C=O) groups is 1. The first kappa shape index (κ1) is 15.6. The van der Waals surface area contributed by atoms with Crippen LogP contribution in [0, 0.1) is 5.92 Å². The van der Waals surface area contributed by atoms with Crippen LogP contribution in [0.3, 0.4) is 0 Å². The van der Waals surface area contributed by atoms with Gasteiger partial charge in [0.15, 0.2) is 11.5 Å². The van der Waals surface area contributed by atoms with Crippen LogP contribution in [-0.2, 0) is 15.0 Å². The number of halogens is 1. The first-order chi connectivity index (χ1) is 9.85. The lowest BCUT2D eigenvalue weighted by Gasteiger charge is -2.20. The quantitative estimate of drug-likeness (QED) is 0.767. The molecule has 1 amide bonds. The maximum atomic E-state index is 12.8. The normalized spacial score (nSPS) is 18.9. The van der Waals surface area contributed by atoms with Crippen molar-refractivity contribution in [3.8, 4) is 11.5 Å². The molecule has 8 heteroatoms. The van der Waals surface area contributed by atoms with Gasteiger partial charge in [0.25, 0.3) is 0 Å². The summed E-state index contributed by atoms with van der Waals surface area (Å²) >= 11 is 0. The highest BCUT2D eigenvalue weighted by atomic mass is 32.3. The Labute approximate surface area is 122 Å². The Balaban J connectivity index is 2.29. The van der Waals surface area contributed by atoms with Crippen molar-refractivity contribution in [1.82, 2.24) is 0 Å². The summed E-state index contributed by atoms with van der Waals surface area (Å²) in [6.45, 7) is 0.130. The van der Waals surface area contributed by atoms with Gasteiger partial charge in [-0.05, 0) is 12.1 Å².